The highest BCUT2D eigenvalue weighted by Gasteiger charge is 2.40. The number of hydrogen-bond donors (Lipinski definition) is 2. The van der Waals surface area contributed by atoms with Crippen LogP contribution in [-0.2, 0) is 6.18 Å². The maximum absolute atomic E-state index is 12.5. The summed E-state index contributed by atoms with van der Waals surface area (Å²) >= 11 is 0. The molecule has 0 spiro atoms. The van der Waals surface area contributed by atoms with E-state index in [0.29, 0.717) is 24.0 Å². The fraction of sp³-hybridized carbons (Fsp3) is 0.625. The van der Waals surface area contributed by atoms with Crippen LogP contribution in [0.2, 0.25) is 0 Å². The predicted octanol–water partition coefficient (Wildman–Crippen LogP) is 3.42. The highest BCUT2D eigenvalue weighted by molar-refractivity contribution is 5.32. The SMILES string of the molecule is NC1CCC(N[C@@H]2C[C@H]2c2ccc(C(F)(F)F)cc2)CC1. The third-order valence-corrected chi connectivity index (χ3v) is 4.68. The van der Waals surface area contributed by atoms with E-state index in [4.69, 9.17) is 5.73 Å². The molecule has 0 aromatic heterocycles. The molecule has 0 bridgehead atoms. The maximum Gasteiger partial charge on any atom is 0.416 e. The number of benzene rings is 1. The van der Waals surface area contributed by atoms with Crippen LogP contribution in [0.25, 0.3) is 0 Å². The van der Waals surface area contributed by atoms with Crippen LogP contribution in [0.1, 0.15) is 49.1 Å². The fourth-order valence-corrected chi connectivity index (χ4v) is 3.26. The summed E-state index contributed by atoms with van der Waals surface area (Å²) in [4.78, 5) is 0. The van der Waals surface area contributed by atoms with Crippen LogP contribution >= 0.6 is 0 Å². The largest absolute Gasteiger partial charge is 0.416 e. The highest BCUT2D eigenvalue weighted by Crippen LogP contribution is 2.42. The summed E-state index contributed by atoms with van der Waals surface area (Å²) in [5.41, 5.74) is 6.33. The van der Waals surface area contributed by atoms with Gasteiger partial charge in [0.15, 0.2) is 0 Å². The zero-order valence-corrected chi connectivity index (χ0v) is 11.9. The van der Waals surface area contributed by atoms with Crippen molar-refractivity contribution < 1.29 is 13.2 Å². The molecule has 0 aliphatic heterocycles. The molecule has 2 saturated carbocycles. The van der Waals surface area contributed by atoms with Crippen LogP contribution in [0, 0.1) is 0 Å². The lowest BCUT2D eigenvalue weighted by molar-refractivity contribution is -0.137. The molecule has 0 radical (unpaired) electrons. The van der Waals surface area contributed by atoms with E-state index >= 15 is 0 Å². The molecule has 5 heteroatoms. The van der Waals surface area contributed by atoms with E-state index in [2.05, 4.69) is 5.32 Å². The predicted molar refractivity (Wildman–Crippen MR) is 76.0 cm³/mol. The number of nitrogens with two attached hydrogens (primary N) is 1. The molecule has 0 saturated heterocycles. The molecule has 2 aliphatic carbocycles. The molecule has 3 rings (SSSR count). The number of alkyl halides is 3. The zero-order chi connectivity index (χ0) is 15.0. The van der Waals surface area contributed by atoms with Gasteiger partial charge in [0.1, 0.15) is 0 Å². The first kappa shape index (κ1) is 14.9. The Labute approximate surface area is 122 Å². The molecule has 1 aromatic rings. The van der Waals surface area contributed by atoms with Crippen molar-refractivity contribution >= 4 is 0 Å². The number of nitrogens with one attached hydrogen (secondary N) is 1. The smallest absolute Gasteiger partial charge is 0.328 e. The molecule has 0 unspecified atom stereocenters. The lowest BCUT2D eigenvalue weighted by atomic mass is 9.92. The minimum atomic E-state index is -4.25. The van der Waals surface area contributed by atoms with Crippen LogP contribution < -0.4 is 11.1 Å². The highest BCUT2D eigenvalue weighted by atomic mass is 19.4. The summed E-state index contributed by atoms with van der Waals surface area (Å²) in [6.45, 7) is 0. The van der Waals surface area contributed by atoms with Gasteiger partial charge >= 0.3 is 6.18 Å². The molecular formula is C16H21F3N2. The normalized spacial score (nSPS) is 33.0. The van der Waals surface area contributed by atoms with E-state index in [1.54, 1.807) is 12.1 Å². The Morgan fingerprint density at radius 2 is 1.62 bits per heavy atom. The standard InChI is InChI=1S/C16H21F3N2/c17-16(18,19)11-3-1-10(2-4-11)14-9-15(14)21-13-7-5-12(20)6-8-13/h1-4,12-15,21H,5-9,20H2/t12?,13?,14-,15+/m0/s1. The zero-order valence-electron chi connectivity index (χ0n) is 11.9. The third kappa shape index (κ3) is 3.58. The van der Waals surface area contributed by atoms with Gasteiger partial charge in [0.05, 0.1) is 5.56 Å². The van der Waals surface area contributed by atoms with Crippen LogP contribution in [0.5, 0.6) is 0 Å². The summed E-state index contributed by atoms with van der Waals surface area (Å²) in [7, 11) is 0. The Hall–Kier alpha value is -1.07. The van der Waals surface area contributed by atoms with E-state index in [9.17, 15) is 13.2 Å². The van der Waals surface area contributed by atoms with Crippen molar-refractivity contribution in [1.82, 2.24) is 5.32 Å². The molecule has 2 nitrogen and oxygen atoms in total. The topological polar surface area (TPSA) is 38.0 Å². The van der Waals surface area contributed by atoms with Crippen molar-refractivity contribution in [2.75, 3.05) is 0 Å². The lowest BCUT2D eigenvalue weighted by Gasteiger charge is -2.27. The van der Waals surface area contributed by atoms with E-state index in [1.807, 2.05) is 0 Å². The number of hydrogen-bond acceptors (Lipinski definition) is 2. The molecule has 2 aliphatic rings. The molecule has 2 fully saturated rings. The van der Waals surface area contributed by atoms with Crippen LogP contribution in [0.15, 0.2) is 24.3 Å². The van der Waals surface area contributed by atoms with Gasteiger partial charge < -0.3 is 11.1 Å². The Kier molecular flexibility index (Phi) is 3.97. The Morgan fingerprint density at radius 3 is 2.19 bits per heavy atom. The molecule has 2 atom stereocenters. The van der Waals surface area contributed by atoms with Gasteiger partial charge in [-0.3, -0.25) is 0 Å². The Morgan fingerprint density at radius 1 is 1.00 bits per heavy atom. The second kappa shape index (κ2) is 5.61. The van der Waals surface area contributed by atoms with Crippen LogP contribution in [0.4, 0.5) is 13.2 Å². The third-order valence-electron chi connectivity index (χ3n) is 4.68. The van der Waals surface area contributed by atoms with Gasteiger partial charge in [-0.15, -0.1) is 0 Å². The van der Waals surface area contributed by atoms with Crippen LogP contribution in [-0.4, -0.2) is 18.1 Å². The molecule has 21 heavy (non-hydrogen) atoms. The van der Waals surface area contributed by atoms with Gasteiger partial charge in [0.2, 0.25) is 0 Å². The van der Waals surface area contributed by atoms with Gasteiger partial charge in [-0.2, -0.15) is 13.2 Å². The minimum absolute atomic E-state index is 0.341. The Bertz CT molecular complexity index is 475. The van der Waals surface area contributed by atoms with Crippen LogP contribution in [0.3, 0.4) is 0 Å². The Balaban J connectivity index is 1.53. The lowest BCUT2D eigenvalue weighted by Crippen LogP contribution is -2.38. The number of rotatable bonds is 3. The van der Waals surface area contributed by atoms with Crippen molar-refractivity contribution in [1.29, 1.82) is 0 Å². The average Bonchev–Trinajstić information content (AvgIpc) is 3.20. The second-order valence-corrected chi connectivity index (χ2v) is 6.35. The first-order valence-electron chi connectivity index (χ1n) is 7.62. The van der Waals surface area contributed by atoms with Crippen molar-refractivity contribution in [3.05, 3.63) is 35.4 Å². The van der Waals surface area contributed by atoms with E-state index in [0.717, 1.165) is 37.7 Å². The first-order valence-corrected chi connectivity index (χ1v) is 7.62. The summed E-state index contributed by atoms with van der Waals surface area (Å²) in [6.07, 6.45) is 1.12. The van der Waals surface area contributed by atoms with Crippen molar-refractivity contribution in [2.45, 2.75) is 62.3 Å². The van der Waals surface area contributed by atoms with E-state index < -0.39 is 11.7 Å². The molecule has 0 amide bonds. The van der Waals surface area contributed by atoms with E-state index in [-0.39, 0.29) is 0 Å². The number of halogens is 3. The van der Waals surface area contributed by atoms with Crippen molar-refractivity contribution in [2.24, 2.45) is 5.73 Å². The molecule has 1 aromatic carbocycles. The maximum atomic E-state index is 12.5. The van der Waals surface area contributed by atoms with E-state index in [1.165, 1.54) is 12.1 Å². The summed E-state index contributed by atoms with van der Waals surface area (Å²) in [5, 5.41) is 3.63. The minimum Gasteiger partial charge on any atom is -0.328 e. The molecule has 3 N–H and O–H groups in total. The summed E-state index contributed by atoms with van der Waals surface area (Å²) < 4.78 is 37.6. The summed E-state index contributed by atoms with van der Waals surface area (Å²) in [6, 6.07) is 6.88. The molecule has 0 heterocycles. The molecule has 116 valence electrons. The van der Waals surface area contributed by atoms with Gasteiger partial charge in [-0.25, -0.2) is 0 Å². The first-order chi connectivity index (χ1) is 9.93. The van der Waals surface area contributed by atoms with Gasteiger partial charge in [-0.05, 0) is 49.8 Å². The average molecular weight is 298 g/mol. The molecular weight excluding hydrogens is 277 g/mol. The second-order valence-electron chi connectivity index (χ2n) is 6.35. The van der Waals surface area contributed by atoms with Crippen molar-refractivity contribution in [3.8, 4) is 0 Å². The van der Waals surface area contributed by atoms with Crippen molar-refractivity contribution in [3.63, 3.8) is 0 Å². The quantitative estimate of drug-likeness (QED) is 0.897. The fourth-order valence-electron chi connectivity index (χ4n) is 3.26. The summed E-state index contributed by atoms with van der Waals surface area (Å²) in [5.74, 6) is 0.364. The van der Waals surface area contributed by atoms with Gasteiger partial charge in [0.25, 0.3) is 0 Å². The van der Waals surface area contributed by atoms with Gasteiger partial charge in [0, 0.05) is 24.0 Å². The van der Waals surface area contributed by atoms with Gasteiger partial charge in [-0.1, -0.05) is 12.1 Å². The monoisotopic (exact) mass is 298 g/mol.